The smallest absolute Gasteiger partial charge is 0.217 e. The molecule has 5 nitrogen and oxygen atoms in total. The van der Waals surface area contributed by atoms with Gasteiger partial charge in [0.2, 0.25) is 10.9 Å². The summed E-state index contributed by atoms with van der Waals surface area (Å²) in [5.74, 6) is 1.07. The van der Waals surface area contributed by atoms with Gasteiger partial charge in [0, 0.05) is 11.1 Å². The van der Waals surface area contributed by atoms with E-state index >= 15 is 0 Å². The molecule has 0 unspecified atom stereocenters. The Hall–Kier alpha value is -2.64. The molecule has 0 aliphatic carbocycles. The van der Waals surface area contributed by atoms with Gasteiger partial charge in [-0.2, -0.15) is 0 Å². The number of nitrogens with one attached hydrogen (secondary N) is 1. The number of anilines is 1. The molecule has 130 valence electrons. The van der Waals surface area contributed by atoms with E-state index in [1.165, 1.54) is 16.9 Å². The van der Waals surface area contributed by atoms with Gasteiger partial charge in [-0.15, -0.1) is 10.2 Å². The van der Waals surface area contributed by atoms with Crippen LogP contribution in [-0.2, 0) is 5.75 Å². The number of para-hydroxylation sites is 1. The third-order valence-corrected chi connectivity index (χ3v) is 5.80. The van der Waals surface area contributed by atoms with E-state index in [9.17, 15) is 4.79 Å². The lowest BCUT2D eigenvalue weighted by Crippen LogP contribution is -2.13. The van der Waals surface area contributed by atoms with Crippen LogP contribution in [0.15, 0.2) is 69.4 Å². The van der Waals surface area contributed by atoms with Gasteiger partial charge in [-0.25, -0.2) is 0 Å². The number of hydrogen-bond acceptors (Lipinski definition) is 7. The number of Topliss-reactive ketones (excluding diaryl/α,β-unsaturated/α-hetero) is 1. The summed E-state index contributed by atoms with van der Waals surface area (Å²) >= 11 is 3.07. The van der Waals surface area contributed by atoms with Crippen LogP contribution >= 0.6 is 23.1 Å². The molecular formula is C19H15N3O2S2. The maximum Gasteiger partial charge on any atom is 0.217 e. The molecule has 0 saturated carbocycles. The van der Waals surface area contributed by atoms with Crippen LogP contribution in [0.25, 0.3) is 11.0 Å². The standard InChI is InChI=1S/C19H15N3O2S2/c23-15(17-10-14-8-4-5-9-16(14)24-17)11-20-18-21-22-19(26-18)25-12-13-6-2-1-3-7-13/h1-10H,11-12H2,(H,20,21). The number of thioether (sulfide) groups is 1. The first-order valence-corrected chi connectivity index (χ1v) is 9.84. The van der Waals surface area contributed by atoms with Gasteiger partial charge in [-0.05, 0) is 17.7 Å². The summed E-state index contributed by atoms with van der Waals surface area (Å²) in [6.07, 6.45) is 0. The van der Waals surface area contributed by atoms with Crippen molar-refractivity contribution in [2.24, 2.45) is 0 Å². The second-order valence-electron chi connectivity index (χ2n) is 5.57. The zero-order chi connectivity index (χ0) is 17.8. The van der Waals surface area contributed by atoms with Crippen LogP contribution in [0, 0.1) is 0 Å². The zero-order valence-electron chi connectivity index (χ0n) is 13.7. The van der Waals surface area contributed by atoms with Crippen molar-refractivity contribution in [3.8, 4) is 0 Å². The molecule has 4 rings (SSSR count). The van der Waals surface area contributed by atoms with Crippen LogP contribution in [0.4, 0.5) is 5.13 Å². The molecule has 1 N–H and O–H groups in total. The number of furan rings is 1. The van der Waals surface area contributed by atoms with E-state index in [4.69, 9.17) is 4.42 Å². The Labute approximate surface area is 158 Å². The molecular weight excluding hydrogens is 366 g/mol. The van der Waals surface area contributed by atoms with Gasteiger partial charge >= 0.3 is 0 Å². The molecule has 0 bridgehead atoms. The maximum absolute atomic E-state index is 12.3. The van der Waals surface area contributed by atoms with Gasteiger partial charge < -0.3 is 9.73 Å². The fourth-order valence-corrected chi connectivity index (χ4v) is 4.12. The van der Waals surface area contributed by atoms with Crippen molar-refractivity contribution in [1.29, 1.82) is 0 Å². The Morgan fingerprint density at radius 2 is 1.88 bits per heavy atom. The molecule has 0 saturated heterocycles. The number of benzene rings is 2. The Bertz CT molecular complexity index is 994. The van der Waals surface area contributed by atoms with Gasteiger partial charge in [-0.3, -0.25) is 4.79 Å². The molecule has 4 aromatic rings. The van der Waals surface area contributed by atoms with E-state index in [0.29, 0.717) is 16.5 Å². The summed E-state index contributed by atoms with van der Waals surface area (Å²) in [6.45, 7) is 0.123. The lowest BCUT2D eigenvalue weighted by Gasteiger charge is -1.98. The first-order chi connectivity index (χ1) is 12.8. The lowest BCUT2D eigenvalue weighted by atomic mass is 10.2. The number of ketones is 1. The van der Waals surface area contributed by atoms with Gasteiger partial charge in [0.05, 0.1) is 6.54 Å². The summed E-state index contributed by atoms with van der Waals surface area (Å²) in [7, 11) is 0. The highest BCUT2D eigenvalue weighted by Gasteiger charge is 2.13. The van der Waals surface area contributed by atoms with Crippen molar-refractivity contribution in [3.05, 3.63) is 72.0 Å². The molecule has 2 heterocycles. The Balaban J connectivity index is 1.33. The second kappa shape index (κ2) is 7.72. The zero-order valence-corrected chi connectivity index (χ0v) is 15.3. The fourth-order valence-electron chi connectivity index (χ4n) is 2.42. The normalized spacial score (nSPS) is 10.9. The lowest BCUT2D eigenvalue weighted by molar-refractivity contribution is 0.0982. The molecule has 2 aromatic carbocycles. The predicted molar refractivity (Wildman–Crippen MR) is 105 cm³/mol. The Morgan fingerprint density at radius 3 is 2.73 bits per heavy atom. The van der Waals surface area contributed by atoms with E-state index in [1.54, 1.807) is 17.8 Å². The molecule has 26 heavy (non-hydrogen) atoms. The maximum atomic E-state index is 12.3. The number of hydrogen-bond donors (Lipinski definition) is 1. The van der Waals surface area contributed by atoms with Gasteiger partial charge in [-0.1, -0.05) is 71.6 Å². The summed E-state index contributed by atoms with van der Waals surface area (Å²) in [6, 6.07) is 19.5. The number of aromatic nitrogens is 2. The van der Waals surface area contributed by atoms with E-state index in [1.807, 2.05) is 42.5 Å². The fraction of sp³-hybridized carbons (Fsp3) is 0.105. The molecule has 0 radical (unpaired) electrons. The molecule has 0 spiro atoms. The highest BCUT2D eigenvalue weighted by Crippen LogP contribution is 2.28. The molecule has 0 aliphatic heterocycles. The molecule has 7 heteroatoms. The van der Waals surface area contributed by atoms with Crippen LogP contribution in [-0.4, -0.2) is 22.5 Å². The van der Waals surface area contributed by atoms with Crippen LogP contribution in [0.3, 0.4) is 0 Å². The van der Waals surface area contributed by atoms with Crippen molar-refractivity contribution in [2.75, 3.05) is 11.9 Å². The number of carbonyl (C=O) groups excluding carboxylic acids is 1. The minimum Gasteiger partial charge on any atom is -0.453 e. The number of fused-ring (bicyclic) bond motifs is 1. The predicted octanol–water partition coefficient (Wildman–Crippen LogP) is 4.87. The molecule has 2 aromatic heterocycles. The van der Waals surface area contributed by atoms with Gasteiger partial charge in [0.25, 0.3) is 0 Å². The van der Waals surface area contributed by atoms with E-state index in [-0.39, 0.29) is 12.3 Å². The van der Waals surface area contributed by atoms with E-state index in [2.05, 4.69) is 27.6 Å². The van der Waals surface area contributed by atoms with Crippen LogP contribution in [0.5, 0.6) is 0 Å². The molecule has 0 atom stereocenters. The first kappa shape index (κ1) is 16.8. The van der Waals surface area contributed by atoms with Crippen LogP contribution < -0.4 is 5.32 Å². The van der Waals surface area contributed by atoms with Crippen LogP contribution in [0.2, 0.25) is 0 Å². The molecule has 0 aliphatic rings. The second-order valence-corrected chi connectivity index (χ2v) is 7.77. The summed E-state index contributed by atoms with van der Waals surface area (Å²) < 4.78 is 6.45. The SMILES string of the molecule is O=C(CNc1nnc(SCc2ccccc2)s1)c1cc2ccccc2o1. The van der Waals surface area contributed by atoms with Crippen molar-refractivity contribution < 1.29 is 9.21 Å². The average molecular weight is 381 g/mol. The average Bonchev–Trinajstić information content (AvgIpc) is 3.32. The topological polar surface area (TPSA) is 68.0 Å². The summed E-state index contributed by atoms with van der Waals surface area (Å²) in [5, 5.41) is 12.8. The summed E-state index contributed by atoms with van der Waals surface area (Å²) in [4.78, 5) is 12.3. The molecule has 0 amide bonds. The van der Waals surface area contributed by atoms with E-state index < -0.39 is 0 Å². The third-order valence-electron chi connectivity index (χ3n) is 3.71. The largest absolute Gasteiger partial charge is 0.453 e. The summed E-state index contributed by atoms with van der Waals surface area (Å²) in [5.41, 5.74) is 1.95. The van der Waals surface area contributed by atoms with E-state index in [0.717, 1.165) is 15.5 Å². The highest BCUT2D eigenvalue weighted by molar-refractivity contribution is 8.00. The minimum absolute atomic E-state index is 0.116. The molecule has 0 fully saturated rings. The van der Waals surface area contributed by atoms with Crippen molar-refractivity contribution in [2.45, 2.75) is 10.1 Å². The van der Waals surface area contributed by atoms with Crippen LogP contribution in [0.1, 0.15) is 16.1 Å². The first-order valence-electron chi connectivity index (χ1n) is 8.04. The van der Waals surface area contributed by atoms with Gasteiger partial charge in [0.1, 0.15) is 5.58 Å². The number of rotatable bonds is 7. The minimum atomic E-state index is -0.116. The Kier molecular flexibility index (Phi) is 4.99. The quantitative estimate of drug-likeness (QED) is 0.364. The third kappa shape index (κ3) is 3.95. The van der Waals surface area contributed by atoms with Crippen molar-refractivity contribution in [1.82, 2.24) is 10.2 Å². The van der Waals surface area contributed by atoms with Crippen molar-refractivity contribution >= 4 is 45.0 Å². The highest BCUT2D eigenvalue weighted by atomic mass is 32.2. The van der Waals surface area contributed by atoms with Gasteiger partial charge in [0.15, 0.2) is 10.1 Å². The number of carbonyl (C=O) groups is 1. The van der Waals surface area contributed by atoms with Crippen molar-refractivity contribution in [3.63, 3.8) is 0 Å². The monoisotopic (exact) mass is 381 g/mol. The Morgan fingerprint density at radius 1 is 1.08 bits per heavy atom. The number of nitrogens with zero attached hydrogens (tertiary/aromatic N) is 2.